The fourth-order valence-corrected chi connectivity index (χ4v) is 2.62. The van der Waals surface area contributed by atoms with Crippen molar-refractivity contribution in [3.63, 3.8) is 0 Å². The minimum atomic E-state index is -0.315. The van der Waals surface area contributed by atoms with Crippen LogP contribution in [0.3, 0.4) is 0 Å². The third-order valence-electron chi connectivity index (χ3n) is 2.94. The van der Waals surface area contributed by atoms with Crippen molar-refractivity contribution in [3.8, 4) is 17.1 Å². The second-order valence-electron chi connectivity index (χ2n) is 4.33. The molecule has 0 bridgehead atoms. The molecule has 0 spiro atoms. The molecule has 5 nitrogen and oxygen atoms in total. The molecular weight excluding hydrogens is 303 g/mol. The Hall–Kier alpha value is -2.54. The summed E-state index contributed by atoms with van der Waals surface area (Å²) < 4.78 is 14.9. The summed E-state index contributed by atoms with van der Waals surface area (Å²) in [6, 6.07) is 9.68. The van der Waals surface area contributed by atoms with Gasteiger partial charge in [-0.25, -0.2) is 4.39 Å². The van der Waals surface area contributed by atoms with Crippen LogP contribution in [0.2, 0.25) is 0 Å². The molecule has 7 heteroatoms. The van der Waals surface area contributed by atoms with Gasteiger partial charge in [-0.05, 0) is 36.4 Å². The van der Waals surface area contributed by atoms with Crippen molar-refractivity contribution in [2.45, 2.75) is 5.16 Å². The highest BCUT2D eigenvalue weighted by Gasteiger charge is 2.15. The van der Waals surface area contributed by atoms with Gasteiger partial charge in [-0.15, -0.1) is 10.2 Å². The number of aromatic nitrogens is 4. The zero-order valence-electron chi connectivity index (χ0n) is 11.4. The van der Waals surface area contributed by atoms with E-state index in [1.807, 2.05) is 12.1 Å². The van der Waals surface area contributed by atoms with E-state index < -0.39 is 0 Å². The van der Waals surface area contributed by atoms with Crippen LogP contribution in [0.4, 0.5) is 4.39 Å². The summed E-state index contributed by atoms with van der Waals surface area (Å²) in [7, 11) is 0. The van der Waals surface area contributed by atoms with Gasteiger partial charge in [-0.2, -0.15) is 0 Å². The van der Waals surface area contributed by atoms with Crippen LogP contribution in [0.5, 0.6) is 0 Å². The first kappa shape index (κ1) is 14.4. The maximum atomic E-state index is 13.2. The van der Waals surface area contributed by atoms with Crippen LogP contribution >= 0.6 is 11.8 Å². The number of rotatable bonds is 5. The van der Waals surface area contributed by atoms with E-state index in [9.17, 15) is 9.18 Å². The number of hydrogen-bond donors (Lipinski definition) is 0. The molecule has 3 rings (SSSR count). The van der Waals surface area contributed by atoms with Crippen molar-refractivity contribution in [2.75, 3.05) is 5.75 Å². The highest BCUT2D eigenvalue weighted by atomic mass is 32.2. The normalized spacial score (nSPS) is 10.6. The Labute approximate surface area is 130 Å². The first-order valence-electron chi connectivity index (χ1n) is 6.48. The molecule has 1 aromatic carbocycles. The fraction of sp³-hybridized carbons (Fsp3) is 0.0667. The molecule has 0 aliphatic rings. The number of halogens is 1. The summed E-state index contributed by atoms with van der Waals surface area (Å²) in [6.07, 6.45) is 4.13. The molecule has 0 unspecified atom stereocenters. The third-order valence-corrected chi connectivity index (χ3v) is 3.76. The monoisotopic (exact) mass is 314 g/mol. The summed E-state index contributed by atoms with van der Waals surface area (Å²) in [5.74, 6) is 0.571. The molecule has 0 amide bonds. The standard InChI is InChI=1S/C15H11FN4OS/c16-12-1-3-13(4-2-12)20-14(11-5-7-17-8-6-11)18-19-15(20)22-10-9-21/h1-9H,10H2. The van der Waals surface area contributed by atoms with Gasteiger partial charge >= 0.3 is 0 Å². The maximum Gasteiger partial charge on any atom is 0.196 e. The van der Waals surface area contributed by atoms with Gasteiger partial charge < -0.3 is 4.79 Å². The SMILES string of the molecule is O=CCSc1nnc(-c2ccncc2)n1-c1ccc(F)cc1. The van der Waals surface area contributed by atoms with Crippen molar-refractivity contribution in [1.82, 2.24) is 19.7 Å². The van der Waals surface area contributed by atoms with E-state index in [1.54, 1.807) is 29.1 Å². The molecule has 0 atom stereocenters. The third kappa shape index (κ3) is 2.89. The topological polar surface area (TPSA) is 60.7 Å². The number of carbonyl (C=O) groups excluding carboxylic acids is 1. The summed E-state index contributed by atoms with van der Waals surface area (Å²) in [5.41, 5.74) is 1.57. The van der Waals surface area contributed by atoms with Crippen molar-refractivity contribution in [1.29, 1.82) is 0 Å². The quantitative estimate of drug-likeness (QED) is 0.535. The van der Waals surface area contributed by atoms with Gasteiger partial charge in [0.15, 0.2) is 11.0 Å². The summed E-state index contributed by atoms with van der Waals surface area (Å²) in [5, 5.41) is 8.90. The highest BCUT2D eigenvalue weighted by Crippen LogP contribution is 2.27. The van der Waals surface area contributed by atoms with E-state index in [0.29, 0.717) is 11.0 Å². The van der Waals surface area contributed by atoms with Gasteiger partial charge in [0.1, 0.15) is 12.1 Å². The van der Waals surface area contributed by atoms with Crippen LogP contribution in [-0.2, 0) is 4.79 Å². The lowest BCUT2D eigenvalue weighted by atomic mass is 10.2. The van der Waals surface area contributed by atoms with Gasteiger partial charge in [0.05, 0.1) is 5.75 Å². The first-order valence-corrected chi connectivity index (χ1v) is 7.46. The van der Waals surface area contributed by atoms with Crippen LogP contribution in [0.25, 0.3) is 17.1 Å². The van der Waals surface area contributed by atoms with Crippen molar-refractivity contribution in [2.24, 2.45) is 0 Å². The number of nitrogens with zero attached hydrogens (tertiary/aromatic N) is 4. The molecule has 3 aromatic rings. The molecule has 2 heterocycles. The van der Waals surface area contributed by atoms with E-state index in [4.69, 9.17) is 0 Å². The van der Waals surface area contributed by atoms with Gasteiger partial charge in [0.2, 0.25) is 0 Å². The molecule has 0 aliphatic heterocycles. The molecule has 0 saturated carbocycles. The molecule has 0 radical (unpaired) electrons. The van der Waals surface area contributed by atoms with Gasteiger partial charge in [-0.1, -0.05) is 11.8 Å². The summed E-state index contributed by atoms with van der Waals surface area (Å²) in [4.78, 5) is 14.6. The highest BCUT2D eigenvalue weighted by molar-refractivity contribution is 7.99. The lowest BCUT2D eigenvalue weighted by Crippen LogP contribution is -2.00. The fourth-order valence-electron chi connectivity index (χ4n) is 1.98. The Balaban J connectivity index is 2.13. The van der Waals surface area contributed by atoms with E-state index in [-0.39, 0.29) is 11.6 Å². The Morgan fingerprint density at radius 3 is 2.50 bits per heavy atom. The molecule has 0 fully saturated rings. The van der Waals surface area contributed by atoms with Gasteiger partial charge in [-0.3, -0.25) is 9.55 Å². The number of pyridine rings is 1. The Bertz CT molecular complexity index is 774. The second-order valence-corrected chi connectivity index (χ2v) is 5.32. The minimum absolute atomic E-state index is 0.273. The Morgan fingerprint density at radius 2 is 1.82 bits per heavy atom. The Morgan fingerprint density at radius 1 is 1.09 bits per heavy atom. The minimum Gasteiger partial charge on any atom is -0.302 e. The molecule has 0 N–H and O–H groups in total. The van der Waals surface area contributed by atoms with Crippen LogP contribution in [-0.4, -0.2) is 31.8 Å². The van der Waals surface area contributed by atoms with Crippen molar-refractivity contribution < 1.29 is 9.18 Å². The molecule has 2 aromatic heterocycles. The van der Waals surface area contributed by atoms with Gasteiger partial charge in [0, 0.05) is 23.6 Å². The van der Waals surface area contributed by atoms with E-state index in [1.165, 1.54) is 23.9 Å². The maximum absolute atomic E-state index is 13.2. The van der Waals surface area contributed by atoms with Crippen LogP contribution in [0, 0.1) is 5.82 Å². The predicted molar refractivity (Wildman–Crippen MR) is 81.3 cm³/mol. The number of hydrogen-bond acceptors (Lipinski definition) is 5. The number of aldehydes is 1. The lowest BCUT2D eigenvalue weighted by molar-refractivity contribution is -0.105. The van der Waals surface area contributed by atoms with E-state index >= 15 is 0 Å². The van der Waals surface area contributed by atoms with E-state index in [2.05, 4.69) is 15.2 Å². The van der Waals surface area contributed by atoms with Crippen LogP contribution < -0.4 is 0 Å². The van der Waals surface area contributed by atoms with E-state index in [0.717, 1.165) is 17.5 Å². The molecule has 110 valence electrons. The molecule has 22 heavy (non-hydrogen) atoms. The molecule has 0 saturated heterocycles. The largest absolute Gasteiger partial charge is 0.302 e. The summed E-state index contributed by atoms with van der Waals surface area (Å²) >= 11 is 1.27. The second kappa shape index (κ2) is 6.48. The van der Waals surface area contributed by atoms with Crippen LogP contribution in [0.1, 0.15) is 0 Å². The zero-order valence-corrected chi connectivity index (χ0v) is 12.2. The average Bonchev–Trinajstić information content (AvgIpc) is 2.98. The number of benzene rings is 1. The number of carbonyl (C=O) groups is 1. The smallest absolute Gasteiger partial charge is 0.196 e. The Kier molecular flexibility index (Phi) is 4.24. The molecular formula is C15H11FN4OS. The average molecular weight is 314 g/mol. The van der Waals surface area contributed by atoms with Crippen molar-refractivity contribution in [3.05, 3.63) is 54.6 Å². The van der Waals surface area contributed by atoms with Gasteiger partial charge in [0.25, 0.3) is 0 Å². The summed E-state index contributed by atoms with van der Waals surface area (Å²) in [6.45, 7) is 0. The molecule has 0 aliphatic carbocycles. The predicted octanol–water partition coefficient (Wildman–Crippen LogP) is 2.76. The van der Waals surface area contributed by atoms with Crippen molar-refractivity contribution >= 4 is 18.0 Å². The van der Waals surface area contributed by atoms with Crippen LogP contribution in [0.15, 0.2) is 53.9 Å². The lowest BCUT2D eigenvalue weighted by Gasteiger charge is -2.09. The number of thioether (sulfide) groups is 1. The zero-order chi connectivity index (χ0) is 15.4. The first-order chi connectivity index (χ1) is 10.8.